The lowest BCUT2D eigenvalue weighted by atomic mass is 9.98. The number of nitrogens with zero attached hydrogens (tertiary/aromatic N) is 4. The van der Waals surface area contributed by atoms with E-state index in [1.54, 1.807) is 18.2 Å². The summed E-state index contributed by atoms with van der Waals surface area (Å²) in [4.78, 5) is 15.6. The summed E-state index contributed by atoms with van der Waals surface area (Å²) < 4.78 is 1.81. The lowest BCUT2D eigenvalue weighted by Crippen LogP contribution is -2.43. The summed E-state index contributed by atoms with van der Waals surface area (Å²) in [6.45, 7) is 4.62. The van der Waals surface area contributed by atoms with E-state index < -0.39 is 0 Å². The van der Waals surface area contributed by atoms with Crippen molar-refractivity contribution in [2.24, 2.45) is 5.92 Å². The van der Waals surface area contributed by atoms with Crippen LogP contribution in [0.4, 0.5) is 0 Å². The molecule has 0 spiro atoms. The zero-order valence-electron chi connectivity index (χ0n) is 16.4. The summed E-state index contributed by atoms with van der Waals surface area (Å²) >= 11 is 0. The Balaban J connectivity index is 1.63. The minimum absolute atomic E-state index is 0.0902. The quantitative estimate of drug-likeness (QED) is 0.761. The standard InChI is InChI=1S/C23H24N4O/c1-15-10-19-4-3-5-22(15)26(19)14-23(28)21-11-20(13-25)27(16(21)2)18-8-6-17(12-24)7-9-18/h6-9,11,15,19,22H,3-5,10,14H2,1-2H3/t15-,19?,22?/m0/s1. The van der Waals surface area contributed by atoms with Gasteiger partial charge >= 0.3 is 0 Å². The highest BCUT2D eigenvalue weighted by atomic mass is 16.1. The third kappa shape index (κ3) is 3.03. The molecule has 142 valence electrons. The largest absolute Gasteiger partial charge is 0.305 e. The lowest BCUT2D eigenvalue weighted by Gasteiger charge is -2.34. The van der Waals surface area contributed by atoms with Gasteiger partial charge in [0, 0.05) is 29.0 Å². The van der Waals surface area contributed by atoms with Gasteiger partial charge < -0.3 is 4.57 Å². The van der Waals surface area contributed by atoms with Crippen LogP contribution < -0.4 is 0 Å². The van der Waals surface area contributed by atoms with Crippen LogP contribution in [-0.4, -0.2) is 33.9 Å². The Morgan fingerprint density at radius 2 is 1.93 bits per heavy atom. The van der Waals surface area contributed by atoms with Crippen LogP contribution in [0.3, 0.4) is 0 Å². The van der Waals surface area contributed by atoms with E-state index in [-0.39, 0.29) is 5.78 Å². The van der Waals surface area contributed by atoms with E-state index in [1.807, 2.05) is 23.6 Å². The predicted molar refractivity (Wildman–Crippen MR) is 106 cm³/mol. The summed E-state index contributed by atoms with van der Waals surface area (Å²) in [7, 11) is 0. The van der Waals surface area contributed by atoms with Gasteiger partial charge in [-0.1, -0.05) is 13.3 Å². The van der Waals surface area contributed by atoms with Gasteiger partial charge in [-0.25, -0.2) is 0 Å². The number of hydrogen-bond acceptors (Lipinski definition) is 4. The Kier molecular flexibility index (Phi) is 4.79. The van der Waals surface area contributed by atoms with Gasteiger partial charge in [-0.05, 0) is 62.4 Å². The second-order valence-electron chi connectivity index (χ2n) is 8.10. The first-order chi connectivity index (χ1) is 13.5. The summed E-state index contributed by atoms with van der Waals surface area (Å²) in [5, 5.41) is 18.6. The molecule has 2 aliphatic rings. The molecular weight excluding hydrogens is 348 g/mol. The lowest BCUT2D eigenvalue weighted by molar-refractivity contribution is 0.0809. The van der Waals surface area contributed by atoms with Gasteiger partial charge in [0.05, 0.1) is 18.2 Å². The second-order valence-corrected chi connectivity index (χ2v) is 8.10. The van der Waals surface area contributed by atoms with Crippen LogP contribution >= 0.6 is 0 Å². The fraction of sp³-hybridized carbons (Fsp3) is 0.435. The molecule has 2 bridgehead atoms. The molecule has 28 heavy (non-hydrogen) atoms. The first-order valence-corrected chi connectivity index (χ1v) is 9.95. The van der Waals surface area contributed by atoms with Gasteiger partial charge in [0.2, 0.25) is 0 Å². The van der Waals surface area contributed by atoms with Crippen molar-refractivity contribution in [2.45, 2.75) is 51.6 Å². The topological polar surface area (TPSA) is 72.8 Å². The molecule has 3 heterocycles. The zero-order valence-corrected chi connectivity index (χ0v) is 16.4. The third-order valence-electron chi connectivity index (χ3n) is 6.48. The van der Waals surface area contributed by atoms with Crippen molar-refractivity contribution in [3.63, 3.8) is 0 Å². The molecule has 3 atom stereocenters. The number of aromatic nitrogens is 1. The number of rotatable bonds is 4. The summed E-state index contributed by atoms with van der Waals surface area (Å²) in [6, 6.07) is 14.1. The highest BCUT2D eigenvalue weighted by Gasteiger charge is 2.42. The van der Waals surface area contributed by atoms with Crippen molar-refractivity contribution in [1.82, 2.24) is 9.47 Å². The van der Waals surface area contributed by atoms with Crippen LogP contribution in [0, 0.1) is 35.5 Å². The van der Waals surface area contributed by atoms with Gasteiger partial charge in [-0.2, -0.15) is 10.5 Å². The van der Waals surface area contributed by atoms with Crippen molar-refractivity contribution in [3.8, 4) is 17.8 Å². The van der Waals surface area contributed by atoms with Gasteiger partial charge in [0.15, 0.2) is 5.78 Å². The van der Waals surface area contributed by atoms with Gasteiger partial charge in [-0.15, -0.1) is 0 Å². The first-order valence-electron chi connectivity index (χ1n) is 9.95. The number of piperidine rings is 1. The van der Waals surface area contributed by atoms with Crippen molar-refractivity contribution in [1.29, 1.82) is 10.5 Å². The Morgan fingerprint density at radius 1 is 1.18 bits per heavy atom. The molecule has 2 aromatic rings. The fourth-order valence-electron chi connectivity index (χ4n) is 5.10. The number of carbonyl (C=O) groups excluding carboxylic acids is 1. The van der Waals surface area contributed by atoms with Crippen molar-refractivity contribution in [2.75, 3.05) is 6.54 Å². The molecule has 0 aliphatic carbocycles. The van der Waals surface area contributed by atoms with Crippen LogP contribution in [0.1, 0.15) is 59.9 Å². The molecule has 2 fully saturated rings. The van der Waals surface area contributed by atoms with E-state index in [2.05, 4.69) is 24.0 Å². The Bertz CT molecular complexity index is 989. The number of fused-ring (bicyclic) bond motifs is 2. The maximum absolute atomic E-state index is 13.2. The smallest absolute Gasteiger partial charge is 0.178 e. The Labute approximate surface area is 165 Å². The molecule has 1 aromatic heterocycles. The average molecular weight is 372 g/mol. The van der Waals surface area contributed by atoms with Crippen LogP contribution in [-0.2, 0) is 0 Å². The molecule has 5 nitrogen and oxygen atoms in total. The number of hydrogen-bond donors (Lipinski definition) is 0. The molecule has 5 heteroatoms. The maximum atomic E-state index is 13.2. The maximum Gasteiger partial charge on any atom is 0.178 e. The second kappa shape index (κ2) is 7.26. The molecule has 0 radical (unpaired) electrons. The van der Waals surface area contributed by atoms with Gasteiger partial charge in [0.1, 0.15) is 11.8 Å². The number of Topliss-reactive ketones (excluding diaryl/α,β-unsaturated/α-hetero) is 1. The van der Waals surface area contributed by atoms with E-state index in [9.17, 15) is 10.1 Å². The van der Waals surface area contributed by atoms with E-state index in [0.29, 0.717) is 41.4 Å². The molecule has 1 aromatic carbocycles. The predicted octanol–water partition coefficient (Wildman–Crippen LogP) is 3.97. The van der Waals surface area contributed by atoms with Crippen molar-refractivity contribution >= 4 is 5.78 Å². The van der Waals surface area contributed by atoms with E-state index in [1.165, 1.54) is 25.7 Å². The fourth-order valence-corrected chi connectivity index (χ4v) is 5.10. The van der Waals surface area contributed by atoms with E-state index >= 15 is 0 Å². The number of ketones is 1. The average Bonchev–Trinajstić information content (AvgIpc) is 3.11. The molecular formula is C23H24N4O. The van der Waals surface area contributed by atoms with Crippen LogP contribution in [0.5, 0.6) is 0 Å². The summed E-state index contributed by atoms with van der Waals surface area (Å²) in [5.41, 5.74) is 3.21. The highest BCUT2D eigenvalue weighted by Crippen LogP contribution is 2.39. The monoisotopic (exact) mass is 372 g/mol. The minimum Gasteiger partial charge on any atom is -0.305 e. The van der Waals surface area contributed by atoms with E-state index in [4.69, 9.17) is 5.26 Å². The van der Waals surface area contributed by atoms with Crippen molar-refractivity contribution < 1.29 is 4.79 Å². The zero-order chi connectivity index (χ0) is 19.8. The highest BCUT2D eigenvalue weighted by molar-refractivity contribution is 5.99. The van der Waals surface area contributed by atoms with Crippen LogP contribution in [0.2, 0.25) is 0 Å². The Morgan fingerprint density at radius 3 is 2.57 bits per heavy atom. The van der Waals surface area contributed by atoms with Crippen molar-refractivity contribution in [3.05, 3.63) is 52.8 Å². The van der Waals surface area contributed by atoms with Gasteiger partial charge in [0.25, 0.3) is 0 Å². The summed E-state index contributed by atoms with van der Waals surface area (Å²) in [5.74, 6) is 0.742. The van der Waals surface area contributed by atoms with Gasteiger partial charge in [-0.3, -0.25) is 9.69 Å². The SMILES string of the molecule is Cc1c(C(=O)CN2C3CCCC2[C@@H](C)C3)cc(C#N)n1-c1ccc(C#N)cc1. The number of carbonyl (C=O) groups is 1. The molecule has 0 amide bonds. The molecule has 2 unspecified atom stereocenters. The molecule has 2 aliphatic heterocycles. The van der Waals surface area contributed by atoms with Crippen LogP contribution in [0.25, 0.3) is 5.69 Å². The number of nitriles is 2. The first kappa shape index (κ1) is 18.5. The molecule has 0 N–H and O–H groups in total. The summed E-state index contributed by atoms with van der Waals surface area (Å²) in [6.07, 6.45) is 4.81. The number of benzene rings is 1. The van der Waals surface area contributed by atoms with E-state index in [0.717, 1.165) is 11.4 Å². The Hall–Kier alpha value is -2.89. The molecule has 2 saturated heterocycles. The van der Waals surface area contributed by atoms with Crippen LogP contribution in [0.15, 0.2) is 30.3 Å². The third-order valence-corrected chi connectivity index (χ3v) is 6.48. The minimum atomic E-state index is 0.0902. The molecule has 4 rings (SSSR count). The molecule has 0 saturated carbocycles. The normalized spacial score (nSPS) is 23.9.